The Morgan fingerprint density at radius 1 is 1.36 bits per heavy atom. The number of esters is 1. The Morgan fingerprint density at radius 3 is 2.43 bits per heavy atom. The molecule has 78 valence electrons. The van der Waals surface area contributed by atoms with Gasteiger partial charge in [0.15, 0.2) is 6.04 Å². The molecule has 1 N–H and O–H groups in total. The van der Waals surface area contributed by atoms with Gasteiger partial charge in [0, 0.05) is 6.42 Å². The maximum absolute atomic E-state index is 11.1. The van der Waals surface area contributed by atoms with Crippen LogP contribution >= 0.6 is 0 Å². The molecule has 0 saturated carbocycles. The minimum Gasteiger partial charge on any atom is -0.467 e. The molecule has 0 rings (SSSR count). The number of alkyl carbamates (subject to hydrolysis) is 1. The number of amides is 1. The first-order valence-corrected chi connectivity index (χ1v) is 4.06. The zero-order valence-electron chi connectivity index (χ0n) is 8.42. The van der Waals surface area contributed by atoms with Crippen LogP contribution in [-0.2, 0) is 14.3 Å². The molecule has 0 aromatic heterocycles. The summed E-state index contributed by atoms with van der Waals surface area (Å²) in [5.41, 5.74) is 0. The van der Waals surface area contributed by atoms with Crippen LogP contribution in [0.15, 0.2) is 0 Å². The second kappa shape index (κ2) is 6.78. The average molecular weight is 199 g/mol. The van der Waals surface area contributed by atoms with Crippen molar-refractivity contribution in [1.82, 2.24) is 5.32 Å². The molecule has 0 aromatic carbocycles. The number of nitrogens with one attached hydrogen (secondary N) is 1. The van der Waals surface area contributed by atoms with Crippen LogP contribution in [0.1, 0.15) is 13.3 Å². The Kier molecular flexibility index (Phi) is 5.95. The predicted molar refractivity (Wildman–Crippen MR) is 49.4 cm³/mol. The van der Waals surface area contributed by atoms with Crippen LogP contribution in [0.3, 0.4) is 0 Å². The zero-order chi connectivity index (χ0) is 11.0. The van der Waals surface area contributed by atoms with Crippen molar-refractivity contribution in [2.75, 3.05) is 14.2 Å². The van der Waals surface area contributed by atoms with Gasteiger partial charge < -0.3 is 9.47 Å². The highest BCUT2D eigenvalue weighted by atomic mass is 16.5. The van der Waals surface area contributed by atoms with E-state index in [4.69, 9.17) is 0 Å². The molecule has 1 atom stereocenters. The Morgan fingerprint density at radius 2 is 2.00 bits per heavy atom. The summed E-state index contributed by atoms with van der Waals surface area (Å²) in [4.78, 5) is 21.9. The van der Waals surface area contributed by atoms with Gasteiger partial charge in [0.25, 0.3) is 0 Å². The van der Waals surface area contributed by atoms with Crippen molar-refractivity contribution in [3.05, 3.63) is 0 Å². The number of rotatable bonds is 2. The van der Waals surface area contributed by atoms with E-state index < -0.39 is 18.1 Å². The van der Waals surface area contributed by atoms with E-state index in [1.54, 1.807) is 0 Å². The highest BCUT2D eigenvalue weighted by molar-refractivity contribution is 5.84. The largest absolute Gasteiger partial charge is 0.467 e. The molecule has 0 aromatic rings. The second-order valence-electron chi connectivity index (χ2n) is 2.27. The summed E-state index contributed by atoms with van der Waals surface area (Å²) in [7, 11) is 2.43. The molecule has 0 heterocycles. The van der Waals surface area contributed by atoms with E-state index in [0.717, 1.165) is 0 Å². The number of carbonyl (C=O) groups excluding carboxylic acids is 2. The first-order valence-electron chi connectivity index (χ1n) is 4.06. The monoisotopic (exact) mass is 199 g/mol. The molecule has 0 aliphatic rings. The molecule has 0 aliphatic heterocycles. The molecule has 0 bridgehead atoms. The quantitative estimate of drug-likeness (QED) is 0.513. The van der Waals surface area contributed by atoms with Crippen molar-refractivity contribution in [2.45, 2.75) is 19.4 Å². The standard InChI is InChI=1S/C9H13NO4/c1-4-5-6-7(8(11)13-2)10-9(12)14-3/h7H,4H2,1-3H3,(H,10,12). The van der Waals surface area contributed by atoms with Crippen molar-refractivity contribution in [3.8, 4) is 11.8 Å². The van der Waals surface area contributed by atoms with E-state index in [1.807, 2.05) is 6.92 Å². The van der Waals surface area contributed by atoms with Crippen LogP contribution in [0.5, 0.6) is 0 Å². The molecule has 5 nitrogen and oxygen atoms in total. The van der Waals surface area contributed by atoms with Gasteiger partial charge in [-0.1, -0.05) is 12.8 Å². The van der Waals surface area contributed by atoms with Crippen molar-refractivity contribution in [3.63, 3.8) is 0 Å². The van der Waals surface area contributed by atoms with E-state index >= 15 is 0 Å². The highest BCUT2D eigenvalue weighted by Gasteiger charge is 2.18. The topological polar surface area (TPSA) is 64.6 Å². The van der Waals surface area contributed by atoms with Crippen molar-refractivity contribution >= 4 is 12.1 Å². The van der Waals surface area contributed by atoms with Crippen molar-refractivity contribution < 1.29 is 19.1 Å². The molecule has 0 fully saturated rings. The van der Waals surface area contributed by atoms with Gasteiger partial charge in [0.2, 0.25) is 0 Å². The van der Waals surface area contributed by atoms with Crippen molar-refractivity contribution in [2.24, 2.45) is 0 Å². The average Bonchev–Trinajstić information content (AvgIpc) is 2.22. The first kappa shape index (κ1) is 12.3. The van der Waals surface area contributed by atoms with E-state index in [-0.39, 0.29) is 0 Å². The summed E-state index contributed by atoms with van der Waals surface area (Å²) in [6.45, 7) is 1.83. The van der Waals surface area contributed by atoms with Gasteiger partial charge in [0.05, 0.1) is 14.2 Å². The molecule has 0 aliphatic carbocycles. The number of carbonyl (C=O) groups is 2. The number of hydrogen-bond acceptors (Lipinski definition) is 4. The van der Waals surface area contributed by atoms with E-state index in [0.29, 0.717) is 6.42 Å². The summed E-state index contributed by atoms with van der Waals surface area (Å²) < 4.78 is 8.77. The molecule has 0 saturated heterocycles. The molecule has 14 heavy (non-hydrogen) atoms. The third kappa shape index (κ3) is 4.36. The summed E-state index contributed by atoms with van der Waals surface area (Å²) in [6.07, 6.45) is -0.123. The minimum absolute atomic E-state index is 0.594. The molecule has 5 heteroatoms. The zero-order valence-corrected chi connectivity index (χ0v) is 8.42. The Bertz CT molecular complexity index is 264. The molecule has 0 spiro atoms. The smallest absolute Gasteiger partial charge is 0.408 e. The fourth-order valence-corrected chi connectivity index (χ4v) is 0.653. The fourth-order valence-electron chi connectivity index (χ4n) is 0.653. The van der Waals surface area contributed by atoms with Gasteiger partial charge in [-0.3, -0.25) is 5.32 Å². The van der Waals surface area contributed by atoms with Gasteiger partial charge in [-0.2, -0.15) is 0 Å². The SMILES string of the molecule is CCC#CC(NC(=O)OC)C(=O)OC. The van der Waals surface area contributed by atoms with Crippen LogP contribution in [0.2, 0.25) is 0 Å². The van der Waals surface area contributed by atoms with Crippen LogP contribution < -0.4 is 5.32 Å². The van der Waals surface area contributed by atoms with E-state index in [2.05, 4.69) is 26.6 Å². The van der Waals surface area contributed by atoms with Gasteiger partial charge in [-0.05, 0) is 0 Å². The van der Waals surface area contributed by atoms with E-state index in [1.165, 1.54) is 14.2 Å². The third-order valence-corrected chi connectivity index (χ3v) is 1.31. The molecule has 1 amide bonds. The lowest BCUT2D eigenvalue weighted by molar-refractivity contribution is -0.141. The van der Waals surface area contributed by atoms with E-state index in [9.17, 15) is 9.59 Å². The van der Waals surface area contributed by atoms with Gasteiger partial charge in [0.1, 0.15) is 0 Å². The number of methoxy groups -OCH3 is 2. The maximum Gasteiger partial charge on any atom is 0.408 e. The van der Waals surface area contributed by atoms with Crippen molar-refractivity contribution in [1.29, 1.82) is 0 Å². The summed E-state index contributed by atoms with van der Waals surface area (Å²) >= 11 is 0. The molecular weight excluding hydrogens is 186 g/mol. The fraction of sp³-hybridized carbons (Fsp3) is 0.556. The van der Waals surface area contributed by atoms with Gasteiger partial charge >= 0.3 is 12.1 Å². The molecule has 1 unspecified atom stereocenters. The molecule has 0 radical (unpaired) electrons. The van der Waals surface area contributed by atoms with Crippen LogP contribution in [0.4, 0.5) is 4.79 Å². The Balaban J connectivity index is 4.40. The van der Waals surface area contributed by atoms with Gasteiger partial charge in [-0.25, -0.2) is 9.59 Å². The second-order valence-corrected chi connectivity index (χ2v) is 2.27. The first-order chi connectivity index (χ1) is 6.65. The maximum atomic E-state index is 11.1. The number of hydrogen-bond donors (Lipinski definition) is 1. The lowest BCUT2D eigenvalue weighted by Crippen LogP contribution is -2.40. The number of ether oxygens (including phenoxy) is 2. The summed E-state index contributed by atoms with van der Waals surface area (Å²) in [5.74, 6) is 4.61. The van der Waals surface area contributed by atoms with Crippen LogP contribution in [-0.4, -0.2) is 32.3 Å². The molecular formula is C9H13NO4. The third-order valence-electron chi connectivity index (χ3n) is 1.31. The van der Waals surface area contributed by atoms with Crippen LogP contribution in [0, 0.1) is 11.8 Å². The highest BCUT2D eigenvalue weighted by Crippen LogP contribution is 1.88. The summed E-state index contributed by atoms with van der Waals surface area (Å²) in [6, 6.07) is -0.965. The van der Waals surface area contributed by atoms with Crippen LogP contribution in [0.25, 0.3) is 0 Å². The lowest BCUT2D eigenvalue weighted by Gasteiger charge is -2.09. The summed E-state index contributed by atoms with van der Waals surface area (Å²) in [5, 5.41) is 2.24. The lowest BCUT2D eigenvalue weighted by atomic mass is 10.3. The Hall–Kier alpha value is -1.70. The van der Waals surface area contributed by atoms with Gasteiger partial charge in [-0.15, -0.1) is 5.92 Å². The minimum atomic E-state index is -0.965. The normalized spacial score (nSPS) is 10.5. The predicted octanol–water partition coefficient (Wildman–Crippen LogP) is 0.297. The Labute approximate surface area is 82.8 Å².